The Bertz CT molecular complexity index is 1000. The van der Waals surface area contributed by atoms with Crippen molar-refractivity contribution in [2.24, 2.45) is 0 Å². The summed E-state index contributed by atoms with van der Waals surface area (Å²) < 4.78 is 13.1. The van der Waals surface area contributed by atoms with Crippen molar-refractivity contribution in [1.29, 1.82) is 0 Å². The Morgan fingerprint density at radius 1 is 1.19 bits per heavy atom. The summed E-state index contributed by atoms with van der Waals surface area (Å²) in [6.07, 6.45) is 2.46. The van der Waals surface area contributed by atoms with E-state index in [2.05, 4.69) is 32.2 Å². The van der Waals surface area contributed by atoms with Gasteiger partial charge in [-0.25, -0.2) is 0 Å². The predicted molar refractivity (Wildman–Crippen MR) is 119 cm³/mol. The summed E-state index contributed by atoms with van der Waals surface area (Å²) in [4.78, 5) is 12.7. The Morgan fingerprint density at radius 2 is 2.00 bits per heavy atom. The first-order chi connectivity index (χ1) is 15.2. The van der Waals surface area contributed by atoms with Gasteiger partial charge in [0.15, 0.2) is 11.0 Å². The number of methoxy groups -OCH3 is 1. The van der Waals surface area contributed by atoms with Crippen LogP contribution >= 0.6 is 11.8 Å². The Morgan fingerprint density at radius 3 is 2.77 bits per heavy atom. The van der Waals surface area contributed by atoms with Crippen molar-refractivity contribution in [3.05, 3.63) is 71.5 Å². The minimum Gasteiger partial charge on any atom is -0.496 e. The van der Waals surface area contributed by atoms with E-state index in [1.807, 2.05) is 30.3 Å². The number of amides is 1. The molecule has 2 heterocycles. The van der Waals surface area contributed by atoms with E-state index in [9.17, 15) is 4.79 Å². The Balaban J connectivity index is 1.49. The number of para-hydroxylation sites is 1. The van der Waals surface area contributed by atoms with Crippen molar-refractivity contribution in [3.8, 4) is 5.75 Å². The standard InChI is InChI=1S/C23H26N4O3S/c1-29-20-12-6-5-11-19(20)22(28)24-14-21-25-26-23(31-16-18-10-7-13-30-18)27(21)15-17-8-3-2-4-9-17/h2-6,8-9,11-12,18H,7,10,13-16H2,1H3,(H,24,28)/t18-/m1/s1. The zero-order valence-corrected chi connectivity index (χ0v) is 18.3. The molecule has 1 N–H and O–H groups in total. The molecule has 0 saturated carbocycles. The highest BCUT2D eigenvalue weighted by molar-refractivity contribution is 7.99. The van der Waals surface area contributed by atoms with Gasteiger partial charge in [0.05, 0.1) is 31.9 Å². The molecule has 162 valence electrons. The fourth-order valence-corrected chi connectivity index (χ4v) is 4.53. The lowest BCUT2D eigenvalue weighted by Gasteiger charge is -2.13. The number of benzene rings is 2. The van der Waals surface area contributed by atoms with Crippen molar-refractivity contribution in [2.75, 3.05) is 19.5 Å². The molecule has 1 aliphatic heterocycles. The lowest BCUT2D eigenvalue weighted by Crippen LogP contribution is -2.25. The molecular formula is C23H26N4O3S. The second-order valence-electron chi connectivity index (χ2n) is 7.30. The van der Waals surface area contributed by atoms with Crippen LogP contribution in [0.4, 0.5) is 0 Å². The van der Waals surface area contributed by atoms with Crippen molar-refractivity contribution in [2.45, 2.75) is 37.2 Å². The van der Waals surface area contributed by atoms with Gasteiger partial charge in [-0.3, -0.25) is 4.79 Å². The van der Waals surface area contributed by atoms with Crippen LogP contribution in [0.25, 0.3) is 0 Å². The summed E-state index contributed by atoms with van der Waals surface area (Å²) in [6, 6.07) is 17.3. The quantitative estimate of drug-likeness (QED) is 0.515. The third kappa shape index (κ3) is 5.45. The molecule has 2 aromatic carbocycles. The summed E-state index contributed by atoms with van der Waals surface area (Å²) >= 11 is 1.65. The van der Waals surface area contributed by atoms with Crippen molar-refractivity contribution in [1.82, 2.24) is 20.1 Å². The zero-order chi connectivity index (χ0) is 21.5. The smallest absolute Gasteiger partial charge is 0.255 e. The maximum atomic E-state index is 12.7. The summed E-state index contributed by atoms with van der Waals surface area (Å²) in [5.41, 5.74) is 1.64. The first-order valence-electron chi connectivity index (χ1n) is 10.4. The fourth-order valence-electron chi connectivity index (χ4n) is 3.51. The van der Waals surface area contributed by atoms with Crippen LogP contribution in [0.2, 0.25) is 0 Å². The topological polar surface area (TPSA) is 78.3 Å². The first kappa shape index (κ1) is 21.4. The molecule has 3 aromatic rings. The molecule has 0 bridgehead atoms. The molecule has 1 saturated heterocycles. The number of carbonyl (C=O) groups is 1. The lowest BCUT2D eigenvalue weighted by molar-refractivity contribution is 0.0946. The molecule has 0 aliphatic carbocycles. The van der Waals surface area contributed by atoms with E-state index in [-0.39, 0.29) is 18.6 Å². The maximum Gasteiger partial charge on any atom is 0.255 e. The van der Waals surface area contributed by atoms with Gasteiger partial charge in [0, 0.05) is 12.4 Å². The van der Waals surface area contributed by atoms with Crippen LogP contribution in [0.5, 0.6) is 5.75 Å². The highest BCUT2D eigenvalue weighted by Gasteiger charge is 2.20. The molecule has 0 radical (unpaired) electrons. The number of rotatable bonds is 9. The molecule has 31 heavy (non-hydrogen) atoms. The SMILES string of the molecule is COc1ccccc1C(=O)NCc1nnc(SC[C@H]2CCCO2)n1Cc1ccccc1. The van der Waals surface area contributed by atoms with Gasteiger partial charge in [-0.1, -0.05) is 54.2 Å². The number of aromatic nitrogens is 3. The molecule has 1 aliphatic rings. The molecule has 0 spiro atoms. The van der Waals surface area contributed by atoms with Gasteiger partial charge >= 0.3 is 0 Å². The summed E-state index contributed by atoms with van der Waals surface area (Å²) in [6.45, 7) is 1.75. The maximum absolute atomic E-state index is 12.7. The third-order valence-electron chi connectivity index (χ3n) is 5.16. The van der Waals surface area contributed by atoms with Crippen LogP contribution in [0, 0.1) is 0 Å². The predicted octanol–water partition coefficient (Wildman–Crippen LogP) is 3.54. The van der Waals surface area contributed by atoms with Gasteiger partial charge in [0.25, 0.3) is 5.91 Å². The highest BCUT2D eigenvalue weighted by atomic mass is 32.2. The summed E-state index contributed by atoms with van der Waals surface area (Å²) in [5, 5.41) is 12.6. The lowest BCUT2D eigenvalue weighted by atomic mass is 10.2. The zero-order valence-electron chi connectivity index (χ0n) is 17.5. The molecule has 1 fully saturated rings. The van der Waals surface area contributed by atoms with Gasteiger partial charge in [0.2, 0.25) is 0 Å². The monoisotopic (exact) mass is 438 g/mol. The van der Waals surface area contributed by atoms with Crippen molar-refractivity contribution >= 4 is 17.7 Å². The number of nitrogens with zero attached hydrogens (tertiary/aromatic N) is 3. The highest BCUT2D eigenvalue weighted by Crippen LogP contribution is 2.24. The van der Waals surface area contributed by atoms with Crippen LogP contribution in [0.15, 0.2) is 59.8 Å². The average molecular weight is 439 g/mol. The largest absolute Gasteiger partial charge is 0.496 e. The van der Waals surface area contributed by atoms with Crippen LogP contribution in [0.1, 0.15) is 34.6 Å². The van der Waals surface area contributed by atoms with E-state index in [1.54, 1.807) is 31.0 Å². The molecule has 1 amide bonds. The second-order valence-corrected chi connectivity index (χ2v) is 8.29. The minimum atomic E-state index is -0.208. The van der Waals surface area contributed by atoms with Crippen molar-refractivity contribution < 1.29 is 14.3 Å². The first-order valence-corrected chi connectivity index (χ1v) is 11.3. The number of hydrogen-bond acceptors (Lipinski definition) is 6. The number of hydrogen-bond donors (Lipinski definition) is 1. The van der Waals surface area contributed by atoms with Gasteiger partial charge in [-0.15, -0.1) is 10.2 Å². The molecule has 1 atom stereocenters. The van der Waals surface area contributed by atoms with Crippen LogP contribution in [0.3, 0.4) is 0 Å². The summed E-state index contributed by atoms with van der Waals surface area (Å²) in [7, 11) is 1.56. The summed E-state index contributed by atoms with van der Waals surface area (Å²) in [5.74, 6) is 1.89. The molecule has 0 unspecified atom stereocenters. The normalized spacial score (nSPS) is 15.7. The Labute approximate surface area is 186 Å². The van der Waals surface area contributed by atoms with Crippen LogP contribution in [-0.4, -0.2) is 46.2 Å². The number of ether oxygens (including phenoxy) is 2. The average Bonchev–Trinajstić information content (AvgIpc) is 3.47. The Hall–Kier alpha value is -2.84. The molecule has 1 aromatic heterocycles. The van der Waals surface area contributed by atoms with E-state index in [0.29, 0.717) is 23.7 Å². The molecular weight excluding hydrogens is 412 g/mol. The molecule has 8 heteroatoms. The fraction of sp³-hybridized carbons (Fsp3) is 0.348. The molecule has 4 rings (SSSR count). The van der Waals surface area contributed by atoms with E-state index in [0.717, 1.165) is 35.9 Å². The van der Waals surface area contributed by atoms with E-state index >= 15 is 0 Å². The van der Waals surface area contributed by atoms with Gasteiger partial charge in [-0.2, -0.15) is 0 Å². The van der Waals surface area contributed by atoms with E-state index in [4.69, 9.17) is 9.47 Å². The molecule has 7 nitrogen and oxygen atoms in total. The van der Waals surface area contributed by atoms with Gasteiger partial charge < -0.3 is 19.4 Å². The third-order valence-corrected chi connectivity index (χ3v) is 6.26. The van der Waals surface area contributed by atoms with E-state index < -0.39 is 0 Å². The number of carbonyl (C=O) groups excluding carboxylic acids is 1. The number of nitrogens with one attached hydrogen (secondary N) is 1. The van der Waals surface area contributed by atoms with E-state index in [1.165, 1.54) is 0 Å². The van der Waals surface area contributed by atoms with Crippen molar-refractivity contribution in [3.63, 3.8) is 0 Å². The Kier molecular flexibility index (Phi) is 7.22. The minimum absolute atomic E-state index is 0.208. The second kappa shape index (κ2) is 10.5. The number of thioether (sulfide) groups is 1. The van der Waals surface area contributed by atoms with Gasteiger partial charge in [-0.05, 0) is 30.5 Å². The van der Waals surface area contributed by atoms with Gasteiger partial charge in [0.1, 0.15) is 5.75 Å². The van der Waals surface area contributed by atoms with Crippen LogP contribution < -0.4 is 10.1 Å². The van der Waals surface area contributed by atoms with Crippen LogP contribution in [-0.2, 0) is 17.8 Å².